The number of anilines is 3. The highest BCUT2D eigenvalue weighted by Crippen LogP contribution is 2.31. The molecule has 0 aliphatic heterocycles. The molecule has 0 spiro atoms. The molecule has 1 aliphatic rings. The van der Waals surface area contributed by atoms with Gasteiger partial charge in [0.05, 0.1) is 16.8 Å². The molecule has 0 atom stereocenters. The lowest BCUT2D eigenvalue weighted by molar-refractivity contribution is -0.119. The number of carbonyl (C=O) groups is 1. The number of aromatic nitrogens is 2. The molecule has 0 bridgehead atoms. The van der Waals surface area contributed by atoms with E-state index >= 15 is 0 Å². The lowest BCUT2D eigenvalue weighted by atomic mass is 9.91. The minimum atomic E-state index is -0.470. The second-order valence-corrected chi connectivity index (χ2v) is 8.95. The Labute approximate surface area is 195 Å². The molecule has 1 fully saturated rings. The summed E-state index contributed by atoms with van der Waals surface area (Å²) in [5.41, 5.74) is 1.36. The van der Waals surface area contributed by atoms with Crippen molar-refractivity contribution < 1.29 is 18.7 Å². The molecule has 2 aromatic heterocycles. The molecule has 8 nitrogen and oxygen atoms in total. The number of amides is 1. The van der Waals surface area contributed by atoms with Crippen LogP contribution < -0.4 is 20.7 Å². The van der Waals surface area contributed by atoms with Crippen molar-refractivity contribution in [3.63, 3.8) is 0 Å². The highest BCUT2D eigenvalue weighted by Gasteiger charge is 2.23. The van der Waals surface area contributed by atoms with E-state index in [4.69, 9.17) is 9.47 Å². The molecule has 33 heavy (non-hydrogen) atoms. The number of fused-ring (bicyclic) bond motifs is 1. The number of benzene rings is 1. The highest BCUT2D eigenvalue weighted by atomic mass is 32.1. The van der Waals surface area contributed by atoms with Gasteiger partial charge in [0, 0.05) is 37.9 Å². The number of nitrogens with one attached hydrogen (secondary N) is 3. The van der Waals surface area contributed by atoms with Crippen molar-refractivity contribution in [2.24, 2.45) is 0 Å². The number of hydrogen-bond donors (Lipinski definition) is 3. The predicted octanol–water partition coefficient (Wildman–Crippen LogP) is 4.46. The summed E-state index contributed by atoms with van der Waals surface area (Å²) >= 11 is 1.58. The highest BCUT2D eigenvalue weighted by molar-refractivity contribution is 7.17. The maximum Gasteiger partial charge on any atom is 0.229 e. The number of rotatable bonds is 9. The molecule has 4 rings (SSSR count). The van der Waals surface area contributed by atoms with Gasteiger partial charge in [-0.2, -0.15) is 4.98 Å². The summed E-state index contributed by atoms with van der Waals surface area (Å²) in [4.78, 5) is 20.6. The molecule has 0 unspecified atom stereocenters. The molecule has 10 heteroatoms. The van der Waals surface area contributed by atoms with E-state index in [-0.39, 0.29) is 30.3 Å². The Morgan fingerprint density at radius 2 is 1.94 bits per heavy atom. The fourth-order valence-corrected chi connectivity index (χ4v) is 4.72. The van der Waals surface area contributed by atoms with Gasteiger partial charge in [-0.05, 0) is 49.3 Å². The second-order valence-electron chi connectivity index (χ2n) is 8.04. The SMILES string of the molecule is COCCOc1ccc(Nc2nc(N[C@H]3CC[C@@H](NC(C)=O)CC3)c3sccc3n2)cc1F. The standard InChI is InChI=1S/C23H28FN5O3S/c1-14(30)25-15-3-5-16(6-4-15)26-22-21-19(9-12-33-21)28-23(29-22)27-17-7-8-20(18(24)13-17)32-11-10-31-2/h7-9,12-13,15-16H,3-6,10-11H2,1-2H3,(H,25,30)(H2,26,27,28,29)/t15-,16+. The van der Waals surface area contributed by atoms with E-state index < -0.39 is 5.82 Å². The summed E-state index contributed by atoms with van der Waals surface area (Å²) in [6.07, 6.45) is 3.75. The molecular weight excluding hydrogens is 445 g/mol. The lowest BCUT2D eigenvalue weighted by Crippen LogP contribution is -2.39. The molecule has 3 N–H and O–H groups in total. The van der Waals surface area contributed by atoms with E-state index in [9.17, 15) is 9.18 Å². The van der Waals surface area contributed by atoms with Crippen LogP contribution >= 0.6 is 11.3 Å². The van der Waals surface area contributed by atoms with Gasteiger partial charge in [-0.3, -0.25) is 4.79 Å². The van der Waals surface area contributed by atoms with Gasteiger partial charge < -0.3 is 25.4 Å². The van der Waals surface area contributed by atoms with Crippen molar-refractivity contribution in [3.8, 4) is 5.75 Å². The lowest BCUT2D eigenvalue weighted by Gasteiger charge is -2.29. The molecule has 1 aromatic carbocycles. The van der Waals surface area contributed by atoms with Crippen LogP contribution in [0.3, 0.4) is 0 Å². The summed E-state index contributed by atoms with van der Waals surface area (Å²) in [6.45, 7) is 2.22. The van der Waals surface area contributed by atoms with Crippen LogP contribution in [-0.4, -0.2) is 48.3 Å². The molecule has 0 radical (unpaired) electrons. The van der Waals surface area contributed by atoms with Crippen LogP contribution in [0, 0.1) is 5.82 Å². The molecule has 1 amide bonds. The van der Waals surface area contributed by atoms with E-state index in [1.165, 1.54) is 6.07 Å². The first-order chi connectivity index (χ1) is 16.0. The van der Waals surface area contributed by atoms with Crippen molar-refractivity contribution in [2.75, 3.05) is 31.0 Å². The average Bonchev–Trinajstić information content (AvgIpc) is 3.25. The van der Waals surface area contributed by atoms with Gasteiger partial charge in [-0.25, -0.2) is 9.37 Å². The Bertz CT molecular complexity index is 1100. The Kier molecular flexibility index (Phi) is 7.56. The zero-order valence-corrected chi connectivity index (χ0v) is 19.5. The molecule has 1 saturated carbocycles. The van der Waals surface area contributed by atoms with E-state index in [1.54, 1.807) is 37.5 Å². The van der Waals surface area contributed by atoms with Crippen LogP contribution in [0.25, 0.3) is 10.2 Å². The first-order valence-corrected chi connectivity index (χ1v) is 11.9. The fraction of sp³-hybridized carbons (Fsp3) is 0.435. The van der Waals surface area contributed by atoms with E-state index in [0.29, 0.717) is 18.2 Å². The molecule has 3 aromatic rings. The van der Waals surface area contributed by atoms with Crippen LogP contribution in [0.5, 0.6) is 5.75 Å². The minimum Gasteiger partial charge on any atom is -0.488 e. The number of halogens is 1. The number of ether oxygens (including phenoxy) is 2. The molecular formula is C23H28FN5O3S. The monoisotopic (exact) mass is 473 g/mol. The van der Waals surface area contributed by atoms with Crippen molar-refractivity contribution >= 4 is 44.9 Å². The third-order valence-corrected chi connectivity index (χ3v) is 6.42. The maximum absolute atomic E-state index is 14.4. The van der Waals surface area contributed by atoms with Gasteiger partial charge in [0.1, 0.15) is 12.4 Å². The van der Waals surface area contributed by atoms with Crippen LogP contribution in [0.2, 0.25) is 0 Å². The van der Waals surface area contributed by atoms with Crippen molar-refractivity contribution in [2.45, 2.75) is 44.7 Å². The van der Waals surface area contributed by atoms with Crippen molar-refractivity contribution in [1.29, 1.82) is 0 Å². The first-order valence-electron chi connectivity index (χ1n) is 11.0. The Hall–Kier alpha value is -2.98. The number of carbonyl (C=O) groups excluding carboxylic acids is 1. The first kappa shape index (κ1) is 23.2. The molecule has 1 aliphatic carbocycles. The largest absolute Gasteiger partial charge is 0.488 e. The van der Waals surface area contributed by atoms with Crippen LogP contribution in [0.15, 0.2) is 29.6 Å². The summed E-state index contributed by atoms with van der Waals surface area (Å²) < 4.78 is 25.7. The van der Waals surface area contributed by atoms with Gasteiger partial charge in [-0.1, -0.05) is 0 Å². The van der Waals surface area contributed by atoms with Crippen LogP contribution in [0.1, 0.15) is 32.6 Å². The number of thiophene rings is 1. The number of methoxy groups -OCH3 is 1. The smallest absolute Gasteiger partial charge is 0.229 e. The Balaban J connectivity index is 1.45. The van der Waals surface area contributed by atoms with Gasteiger partial charge in [0.2, 0.25) is 11.9 Å². The summed E-state index contributed by atoms with van der Waals surface area (Å²) in [5.74, 6) is 0.874. The van der Waals surface area contributed by atoms with Crippen LogP contribution in [0.4, 0.5) is 21.8 Å². The predicted molar refractivity (Wildman–Crippen MR) is 128 cm³/mol. The quantitative estimate of drug-likeness (QED) is 0.395. The van der Waals surface area contributed by atoms with E-state index in [0.717, 1.165) is 41.7 Å². The van der Waals surface area contributed by atoms with E-state index in [1.807, 2.05) is 11.4 Å². The Morgan fingerprint density at radius 1 is 1.15 bits per heavy atom. The Morgan fingerprint density at radius 3 is 2.67 bits per heavy atom. The second kappa shape index (κ2) is 10.8. The van der Waals surface area contributed by atoms with Crippen molar-refractivity contribution in [3.05, 3.63) is 35.5 Å². The summed E-state index contributed by atoms with van der Waals surface area (Å²) in [6, 6.07) is 7.11. The van der Waals surface area contributed by atoms with Gasteiger partial charge in [0.25, 0.3) is 0 Å². The van der Waals surface area contributed by atoms with E-state index in [2.05, 4.69) is 25.9 Å². The maximum atomic E-state index is 14.4. The van der Waals surface area contributed by atoms with Gasteiger partial charge >= 0.3 is 0 Å². The topological polar surface area (TPSA) is 97.4 Å². The average molecular weight is 474 g/mol. The summed E-state index contributed by atoms with van der Waals surface area (Å²) in [7, 11) is 1.57. The third-order valence-electron chi connectivity index (χ3n) is 5.51. The van der Waals surface area contributed by atoms with Gasteiger partial charge in [0.15, 0.2) is 11.6 Å². The van der Waals surface area contributed by atoms with Crippen LogP contribution in [-0.2, 0) is 9.53 Å². The molecule has 2 heterocycles. The van der Waals surface area contributed by atoms with Gasteiger partial charge in [-0.15, -0.1) is 11.3 Å². The summed E-state index contributed by atoms with van der Waals surface area (Å²) in [5, 5.41) is 11.6. The van der Waals surface area contributed by atoms with Crippen molar-refractivity contribution in [1.82, 2.24) is 15.3 Å². The third kappa shape index (κ3) is 6.08. The minimum absolute atomic E-state index is 0.0178. The molecule has 176 valence electrons. The normalized spacial score (nSPS) is 18.2. The number of nitrogens with zero attached hydrogens (tertiary/aromatic N) is 2. The number of hydrogen-bond acceptors (Lipinski definition) is 8. The fourth-order valence-electron chi connectivity index (χ4n) is 3.94. The zero-order valence-electron chi connectivity index (χ0n) is 18.7. The zero-order chi connectivity index (χ0) is 23.2. The molecule has 0 saturated heterocycles.